The smallest absolute Gasteiger partial charge is 0.0628 e. The Hall–Kier alpha value is -1.02. The number of hydrogen-bond donors (Lipinski definition) is 2. The zero-order chi connectivity index (χ0) is 8.27. The summed E-state index contributed by atoms with van der Waals surface area (Å²) in [5.74, 6) is 0. The van der Waals surface area contributed by atoms with Crippen molar-refractivity contribution in [3.63, 3.8) is 0 Å². The van der Waals surface area contributed by atoms with Crippen LogP contribution in [0, 0.1) is 13.8 Å². The first kappa shape index (κ1) is 8.08. The molecule has 0 aliphatic rings. The molecule has 2 heteroatoms. The molecule has 0 spiro atoms. The minimum Gasteiger partial charge on any atom is -0.372 e. The van der Waals surface area contributed by atoms with Crippen molar-refractivity contribution in [2.75, 3.05) is 12.0 Å². The Labute approximate surface area is 67.4 Å². The first-order valence-corrected chi connectivity index (χ1v) is 3.75. The number of nitrogens with one attached hydrogen (secondary N) is 1. The van der Waals surface area contributed by atoms with E-state index in [1.807, 2.05) is 0 Å². The second kappa shape index (κ2) is 3.39. The van der Waals surface area contributed by atoms with Crippen LogP contribution >= 0.6 is 0 Å². The summed E-state index contributed by atoms with van der Waals surface area (Å²) in [7, 11) is 0. The molecule has 0 saturated heterocycles. The minimum absolute atomic E-state index is 0.490. The highest BCUT2D eigenvalue weighted by atomic mass is 15.0. The molecule has 0 amide bonds. The van der Waals surface area contributed by atoms with Gasteiger partial charge in [0.25, 0.3) is 0 Å². The van der Waals surface area contributed by atoms with Crippen LogP contribution in [0.4, 0.5) is 5.69 Å². The summed E-state index contributed by atoms with van der Waals surface area (Å²) in [5, 5.41) is 3.09. The van der Waals surface area contributed by atoms with Crippen LogP contribution in [0.2, 0.25) is 0 Å². The molecule has 0 bridgehead atoms. The highest BCUT2D eigenvalue weighted by Gasteiger charge is 1.94. The SMILES string of the molecule is Cc1ccc(C)c(NCN)c1. The van der Waals surface area contributed by atoms with Crippen LogP contribution in [0.3, 0.4) is 0 Å². The normalized spacial score (nSPS) is 9.73. The minimum atomic E-state index is 0.490. The quantitative estimate of drug-likeness (QED) is 0.629. The molecule has 0 fully saturated rings. The molecule has 0 saturated carbocycles. The lowest BCUT2D eigenvalue weighted by molar-refractivity contribution is 1.13. The third kappa shape index (κ3) is 1.95. The highest BCUT2D eigenvalue weighted by molar-refractivity contribution is 5.52. The highest BCUT2D eigenvalue weighted by Crippen LogP contribution is 2.15. The fourth-order valence-corrected chi connectivity index (χ4v) is 1.04. The largest absolute Gasteiger partial charge is 0.372 e. The van der Waals surface area contributed by atoms with Crippen LogP contribution in [0.1, 0.15) is 11.1 Å². The maximum atomic E-state index is 5.37. The van der Waals surface area contributed by atoms with Crippen molar-refractivity contribution < 1.29 is 0 Å². The first-order chi connectivity index (χ1) is 5.24. The Morgan fingerprint density at radius 3 is 2.73 bits per heavy atom. The molecule has 11 heavy (non-hydrogen) atoms. The number of aryl methyl sites for hydroxylation is 2. The molecule has 60 valence electrons. The van der Waals surface area contributed by atoms with E-state index >= 15 is 0 Å². The van der Waals surface area contributed by atoms with E-state index in [0.717, 1.165) is 5.69 Å². The molecule has 0 aromatic heterocycles. The second-order valence-corrected chi connectivity index (χ2v) is 2.70. The van der Waals surface area contributed by atoms with Crippen molar-refractivity contribution in [3.05, 3.63) is 29.3 Å². The van der Waals surface area contributed by atoms with Crippen LogP contribution < -0.4 is 11.1 Å². The summed E-state index contributed by atoms with van der Waals surface area (Å²) < 4.78 is 0. The summed E-state index contributed by atoms with van der Waals surface area (Å²) in [6.07, 6.45) is 0. The molecule has 1 aromatic carbocycles. The van der Waals surface area contributed by atoms with Gasteiger partial charge in [0, 0.05) is 5.69 Å². The van der Waals surface area contributed by atoms with Gasteiger partial charge in [0.05, 0.1) is 6.67 Å². The lowest BCUT2D eigenvalue weighted by Gasteiger charge is -2.07. The van der Waals surface area contributed by atoms with E-state index in [0.29, 0.717) is 6.67 Å². The molecule has 2 nitrogen and oxygen atoms in total. The summed E-state index contributed by atoms with van der Waals surface area (Å²) >= 11 is 0. The van der Waals surface area contributed by atoms with Gasteiger partial charge in [0.15, 0.2) is 0 Å². The van der Waals surface area contributed by atoms with Crippen molar-refractivity contribution in [1.29, 1.82) is 0 Å². The molecule has 0 aliphatic heterocycles. The fraction of sp³-hybridized carbons (Fsp3) is 0.333. The third-order valence-electron chi connectivity index (χ3n) is 1.69. The van der Waals surface area contributed by atoms with Gasteiger partial charge < -0.3 is 11.1 Å². The van der Waals surface area contributed by atoms with Crippen LogP contribution in [-0.2, 0) is 0 Å². The lowest BCUT2D eigenvalue weighted by atomic mass is 10.1. The number of hydrogen-bond acceptors (Lipinski definition) is 2. The molecule has 0 heterocycles. The predicted molar refractivity (Wildman–Crippen MR) is 48.6 cm³/mol. The predicted octanol–water partition coefficient (Wildman–Crippen LogP) is 1.63. The summed E-state index contributed by atoms with van der Waals surface area (Å²) in [6, 6.07) is 6.28. The van der Waals surface area contributed by atoms with E-state index in [4.69, 9.17) is 5.73 Å². The van der Waals surface area contributed by atoms with Crippen molar-refractivity contribution in [3.8, 4) is 0 Å². The standard InChI is InChI=1S/C9H14N2/c1-7-3-4-8(2)9(5-7)11-6-10/h3-5,11H,6,10H2,1-2H3. The topological polar surface area (TPSA) is 38.0 Å². The van der Waals surface area contributed by atoms with Gasteiger partial charge >= 0.3 is 0 Å². The number of benzene rings is 1. The Balaban J connectivity index is 2.93. The third-order valence-corrected chi connectivity index (χ3v) is 1.69. The Morgan fingerprint density at radius 2 is 2.09 bits per heavy atom. The van der Waals surface area contributed by atoms with E-state index in [9.17, 15) is 0 Å². The van der Waals surface area contributed by atoms with Gasteiger partial charge in [0.2, 0.25) is 0 Å². The first-order valence-electron chi connectivity index (χ1n) is 3.75. The summed E-state index contributed by atoms with van der Waals surface area (Å²) in [6.45, 7) is 4.63. The average molecular weight is 150 g/mol. The second-order valence-electron chi connectivity index (χ2n) is 2.70. The molecule has 3 N–H and O–H groups in total. The molecule has 0 unspecified atom stereocenters. The summed E-state index contributed by atoms with van der Waals surface area (Å²) in [4.78, 5) is 0. The molecular formula is C9H14N2. The van der Waals surface area contributed by atoms with Crippen molar-refractivity contribution in [2.24, 2.45) is 5.73 Å². The van der Waals surface area contributed by atoms with Crippen LogP contribution in [0.15, 0.2) is 18.2 Å². The molecule has 1 aromatic rings. The van der Waals surface area contributed by atoms with Gasteiger partial charge in [-0.25, -0.2) is 0 Å². The van der Waals surface area contributed by atoms with Gasteiger partial charge in [-0.1, -0.05) is 12.1 Å². The van der Waals surface area contributed by atoms with Crippen LogP contribution in [0.25, 0.3) is 0 Å². The maximum Gasteiger partial charge on any atom is 0.0628 e. The molecule has 0 atom stereocenters. The van der Waals surface area contributed by atoms with E-state index in [-0.39, 0.29) is 0 Å². The average Bonchev–Trinajstić information content (AvgIpc) is 1.98. The van der Waals surface area contributed by atoms with Crippen molar-refractivity contribution >= 4 is 5.69 Å². The summed E-state index contributed by atoms with van der Waals surface area (Å²) in [5.41, 5.74) is 8.99. The van der Waals surface area contributed by atoms with Crippen LogP contribution in [-0.4, -0.2) is 6.67 Å². The van der Waals surface area contributed by atoms with Gasteiger partial charge in [-0.2, -0.15) is 0 Å². The van der Waals surface area contributed by atoms with Gasteiger partial charge in [0.1, 0.15) is 0 Å². The Bertz CT molecular complexity index is 243. The number of nitrogens with two attached hydrogens (primary N) is 1. The maximum absolute atomic E-state index is 5.37. The zero-order valence-electron chi connectivity index (χ0n) is 7.02. The van der Waals surface area contributed by atoms with Gasteiger partial charge in [-0.15, -0.1) is 0 Å². The zero-order valence-corrected chi connectivity index (χ0v) is 7.02. The monoisotopic (exact) mass is 150 g/mol. The Morgan fingerprint density at radius 1 is 1.36 bits per heavy atom. The Kier molecular flexibility index (Phi) is 2.49. The molecule has 1 rings (SSSR count). The molecule has 0 radical (unpaired) electrons. The van der Waals surface area contributed by atoms with E-state index in [1.54, 1.807) is 0 Å². The van der Waals surface area contributed by atoms with Gasteiger partial charge in [-0.3, -0.25) is 0 Å². The number of rotatable bonds is 2. The number of anilines is 1. The molecular weight excluding hydrogens is 136 g/mol. The van der Waals surface area contributed by atoms with E-state index in [1.165, 1.54) is 11.1 Å². The van der Waals surface area contributed by atoms with Crippen molar-refractivity contribution in [1.82, 2.24) is 0 Å². The van der Waals surface area contributed by atoms with Crippen LogP contribution in [0.5, 0.6) is 0 Å². The van der Waals surface area contributed by atoms with E-state index < -0.39 is 0 Å². The van der Waals surface area contributed by atoms with Crippen molar-refractivity contribution in [2.45, 2.75) is 13.8 Å². The lowest BCUT2D eigenvalue weighted by Crippen LogP contribution is -2.11. The van der Waals surface area contributed by atoms with Gasteiger partial charge in [-0.05, 0) is 31.0 Å². The fourth-order valence-electron chi connectivity index (χ4n) is 1.04. The molecule has 0 aliphatic carbocycles. The van der Waals surface area contributed by atoms with E-state index in [2.05, 4.69) is 37.4 Å².